The summed E-state index contributed by atoms with van der Waals surface area (Å²) in [5, 5.41) is 0. The maximum absolute atomic E-state index is 14.1. The molecule has 0 bridgehead atoms. The molecular formula is C26H29NO5. The molecule has 2 aromatic carbocycles. The van der Waals surface area contributed by atoms with Gasteiger partial charge in [-0.1, -0.05) is 42.5 Å². The van der Waals surface area contributed by atoms with Crippen LogP contribution in [0.1, 0.15) is 43.7 Å². The van der Waals surface area contributed by atoms with Crippen LogP contribution in [0.2, 0.25) is 0 Å². The summed E-state index contributed by atoms with van der Waals surface area (Å²) in [4.78, 5) is 42.2. The third-order valence-corrected chi connectivity index (χ3v) is 7.02. The Hall–Kier alpha value is -3.15. The molecule has 1 amide bonds. The Morgan fingerprint density at radius 3 is 2.56 bits per heavy atom. The molecule has 1 heterocycles. The number of carbonyl (C=O) groups excluding carboxylic acids is 3. The number of methoxy groups -OCH3 is 1. The van der Waals surface area contributed by atoms with Gasteiger partial charge in [0.05, 0.1) is 13.7 Å². The van der Waals surface area contributed by atoms with Crippen LogP contribution in [0.4, 0.5) is 0 Å². The number of amides is 1. The predicted molar refractivity (Wildman–Crippen MR) is 119 cm³/mol. The number of nitrogens with zero attached hydrogens (tertiary/aromatic N) is 1. The number of rotatable bonds is 6. The van der Waals surface area contributed by atoms with Gasteiger partial charge in [-0.2, -0.15) is 0 Å². The first kappa shape index (κ1) is 22.1. The summed E-state index contributed by atoms with van der Waals surface area (Å²) in [5.41, 5.74) is -0.602. The van der Waals surface area contributed by atoms with Crippen molar-refractivity contribution in [2.24, 2.45) is 5.41 Å². The second-order valence-corrected chi connectivity index (χ2v) is 8.62. The van der Waals surface area contributed by atoms with Crippen LogP contribution in [0, 0.1) is 5.41 Å². The molecule has 168 valence electrons. The highest BCUT2D eigenvalue weighted by Gasteiger charge is 2.68. The van der Waals surface area contributed by atoms with Gasteiger partial charge in [0.15, 0.2) is 5.41 Å². The molecular weight excluding hydrogens is 406 g/mol. The summed E-state index contributed by atoms with van der Waals surface area (Å²) in [6.07, 6.45) is 0.995. The van der Waals surface area contributed by atoms with E-state index in [2.05, 4.69) is 0 Å². The number of benzene rings is 2. The zero-order valence-corrected chi connectivity index (χ0v) is 18.6. The Morgan fingerprint density at radius 1 is 1.06 bits per heavy atom. The van der Waals surface area contributed by atoms with Crippen LogP contribution in [-0.2, 0) is 31.1 Å². The quantitative estimate of drug-likeness (QED) is 0.511. The zero-order chi connectivity index (χ0) is 22.8. The van der Waals surface area contributed by atoms with Gasteiger partial charge >= 0.3 is 5.97 Å². The monoisotopic (exact) mass is 435 g/mol. The topological polar surface area (TPSA) is 72.9 Å². The summed E-state index contributed by atoms with van der Waals surface area (Å²) in [5.74, 6) is -0.0803. The molecule has 0 aromatic heterocycles. The minimum Gasteiger partial charge on any atom is -0.497 e. The Balaban J connectivity index is 1.85. The van der Waals surface area contributed by atoms with Gasteiger partial charge in [0.1, 0.15) is 11.5 Å². The van der Waals surface area contributed by atoms with E-state index < -0.39 is 16.8 Å². The van der Waals surface area contributed by atoms with E-state index >= 15 is 0 Å². The first-order valence-electron chi connectivity index (χ1n) is 11.1. The molecule has 0 radical (unpaired) electrons. The van der Waals surface area contributed by atoms with Crippen LogP contribution < -0.4 is 4.74 Å². The van der Waals surface area contributed by atoms with Gasteiger partial charge in [-0.25, -0.2) is 0 Å². The molecule has 1 aliphatic heterocycles. The second kappa shape index (κ2) is 8.77. The fourth-order valence-electron chi connectivity index (χ4n) is 5.46. The molecule has 6 nitrogen and oxygen atoms in total. The van der Waals surface area contributed by atoms with Crippen LogP contribution in [0.15, 0.2) is 54.6 Å². The van der Waals surface area contributed by atoms with E-state index in [0.717, 1.165) is 11.1 Å². The smallest absolute Gasteiger partial charge is 0.322 e. The first-order chi connectivity index (χ1) is 15.5. The van der Waals surface area contributed by atoms with E-state index in [4.69, 9.17) is 9.47 Å². The molecule has 2 fully saturated rings. The van der Waals surface area contributed by atoms with Gasteiger partial charge in [0.25, 0.3) is 0 Å². The van der Waals surface area contributed by atoms with Gasteiger partial charge < -0.3 is 14.4 Å². The lowest BCUT2D eigenvalue weighted by Crippen LogP contribution is -2.67. The fraction of sp³-hybridized carbons (Fsp3) is 0.423. The van der Waals surface area contributed by atoms with Gasteiger partial charge in [0, 0.05) is 31.3 Å². The Morgan fingerprint density at radius 2 is 1.84 bits per heavy atom. The normalized spacial score (nSPS) is 25.2. The summed E-state index contributed by atoms with van der Waals surface area (Å²) >= 11 is 0. The number of piperidine rings is 1. The average molecular weight is 436 g/mol. The Labute approximate surface area is 188 Å². The van der Waals surface area contributed by atoms with E-state index in [1.54, 1.807) is 18.9 Å². The summed E-state index contributed by atoms with van der Waals surface area (Å²) in [6, 6.07) is 17.2. The van der Waals surface area contributed by atoms with Gasteiger partial charge in [0.2, 0.25) is 5.91 Å². The van der Waals surface area contributed by atoms with Gasteiger partial charge in [-0.3, -0.25) is 14.4 Å². The molecule has 1 saturated heterocycles. The van der Waals surface area contributed by atoms with Crippen molar-refractivity contribution < 1.29 is 23.9 Å². The van der Waals surface area contributed by atoms with Crippen molar-refractivity contribution in [3.05, 3.63) is 65.7 Å². The molecule has 1 aliphatic carbocycles. The molecule has 32 heavy (non-hydrogen) atoms. The maximum Gasteiger partial charge on any atom is 0.322 e. The van der Waals surface area contributed by atoms with Crippen LogP contribution in [0.5, 0.6) is 5.75 Å². The lowest BCUT2D eigenvalue weighted by Gasteiger charge is -2.55. The van der Waals surface area contributed by atoms with E-state index in [0.29, 0.717) is 25.3 Å². The number of esters is 1. The maximum atomic E-state index is 14.1. The van der Waals surface area contributed by atoms with Gasteiger partial charge in [-0.05, 0) is 43.0 Å². The SMILES string of the molecule is CCOC(=O)C12CCC(=O)CC1(c1cccc(OC)c1)CCN(Cc1ccccc1)C2=O. The molecule has 2 atom stereocenters. The van der Waals surface area contributed by atoms with Crippen LogP contribution >= 0.6 is 0 Å². The minimum atomic E-state index is -1.43. The van der Waals surface area contributed by atoms with Crippen molar-refractivity contribution in [1.29, 1.82) is 0 Å². The lowest BCUT2D eigenvalue weighted by atomic mass is 9.49. The average Bonchev–Trinajstić information content (AvgIpc) is 2.82. The highest BCUT2D eigenvalue weighted by atomic mass is 16.5. The fourth-order valence-corrected chi connectivity index (χ4v) is 5.46. The first-order valence-corrected chi connectivity index (χ1v) is 11.1. The lowest BCUT2D eigenvalue weighted by molar-refractivity contribution is -0.181. The van der Waals surface area contributed by atoms with Crippen molar-refractivity contribution >= 4 is 17.7 Å². The summed E-state index contributed by atoms with van der Waals surface area (Å²) in [6.45, 7) is 2.79. The van der Waals surface area contributed by atoms with Gasteiger partial charge in [-0.15, -0.1) is 0 Å². The van der Waals surface area contributed by atoms with Crippen LogP contribution in [0.25, 0.3) is 0 Å². The number of Topliss-reactive ketones (excluding diaryl/α,β-unsaturated/α-hetero) is 1. The Kier molecular flexibility index (Phi) is 6.04. The van der Waals surface area contributed by atoms with Crippen molar-refractivity contribution in [3.63, 3.8) is 0 Å². The van der Waals surface area contributed by atoms with Crippen molar-refractivity contribution in [2.75, 3.05) is 20.3 Å². The molecule has 2 unspecified atom stereocenters. The second-order valence-electron chi connectivity index (χ2n) is 8.62. The number of ether oxygens (including phenoxy) is 2. The number of carbonyl (C=O) groups is 3. The van der Waals surface area contributed by atoms with E-state index in [9.17, 15) is 14.4 Å². The number of hydrogen-bond acceptors (Lipinski definition) is 5. The third kappa shape index (κ3) is 3.48. The van der Waals surface area contributed by atoms with Crippen molar-refractivity contribution in [1.82, 2.24) is 4.90 Å². The van der Waals surface area contributed by atoms with E-state index in [-0.39, 0.29) is 37.6 Å². The standard InChI is InChI=1S/C26H29NO5/c1-3-32-24(30)26-13-12-21(28)17-25(26,20-10-7-11-22(16-20)31-2)14-15-27(23(26)29)18-19-8-5-4-6-9-19/h4-11,16H,3,12-15,17-18H2,1-2H3. The molecule has 1 saturated carbocycles. The predicted octanol–water partition coefficient (Wildman–Crippen LogP) is 3.67. The molecule has 0 N–H and O–H groups in total. The van der Waals surface area contributed by atoms with E-state index in [1.165, 1.54) is 0 Å². The molecule has 6 heteroatoms. The molecule has 2 aromatic rings. The van der Waals surface area contributed by atoms with Crippen LogP contribution in [0.3, 0.4) is 0 Å². The summed E-state index contributed by atoms with van der Waals surface area (Å²) in [7, 11) is 1.58. The zero-order valence-electron chi connectivity index (χ0n) is 18.6. The molecule has 4 rings (SSSR count). The van der Waals surface area contributed by atoms with Crippen molar-refractivity contribution in [2.45, 2.75) is 44.6 Å². The third-order valence-electron chi connectivity index (χ3n) is 7.02. The Bertz CT molecular complexity index is 1020. The molecule has 0 spiro atoms. The number of likely N-dealkylation sites (tertiary alicyclic amines) is 1. The molecule has 2 aliphatic rings. The largest absolute Gasteiger partial charge is 0.497 e. The minimum absolute atomic E-state index is 0.0667. The highest BCUT2D eigenvalue weighted by molar-refractivity contribution is 6.07. The summed E-state index contributed by atoms with van der Waals surface area (Å²) < 4.78 is 10.9. The van der Waals surface area contributed by atoms with Crippen molar-refractivity contribution in [3.8, 4) is 5.75 Å². The van der Waals surface area contributed by atoms with Crippen LogP contribution in [-0.4, -0.2) is 42.8 Å². The number of ketones is 1. The van der Waals surface area contributed by atoms with E-state index in [1.807, 2.05) is 54.6 Å². The highest BCUT2D eigenvalue weighted by Crippen LogP contribution is 2.57. The number of hydrogen-bond donors (Lipinski definition) is 0. The number of fused-ring (bicyclic) bond motifs is 1.